The van der Waals surface area contributed by atoms with Crippen molar-refractivity contribution in [2.75, 3.05) is 21.3 Å². The molecule has 1 unspecified atom stereocenters. The Labute approximate surface area is 110 Å². The number of methoxy groups -OCH3 is 2. The molecule has 18 heavy (non-hydrogen) atoms. The molecule has 0 spiro atoms. The quantitative estimate of drug-likeness (QED) is 0.752. The van der Waals surface area contributed by atoms with Gasteiger partial charge in [0.05, 0.1) is 14.2 Å². The van der Waals surface area contributed by atoms with Gasteiger partial charge >= 0.3 is 0 Å². The molecule has 1 aromatic carbocycles. The summed E-state index contributed by atoms with van der Waals surface area (Å²) in [6, 6.07) is 6.06. The zero-order valence-electron chi connectivity index (χ0n) is 11.7. The van der Waals surface area contributed by atoms with Crippen LogP contribution in [-0.2, 0) is 0 Å². The maximum absolute atomic E-state index is 5.42. The summed E-state index contributed by atoms with van der Waals surface area (Å²) in [5.74, 6) is 1.72. The molecule has 0 aliphatic carbocycles. The molecule has 3 heteroatoms. The van der Waals surface area contributed by atoms with E-state index < -0.39 is 0 Å². The lowest BCUT2D eigenvalue weighted by Crippen LogP contribution is -2.17. The Bertz CT molecular complexity index is 401. The number of ether oxygens (including phenoxy) is 2. The van der Waals surface area contributed by atoms with Crippen molar-refractivity contribution in [3.05, 3.63) is 35.9 Å². The number of benzene rings is 1. The van der Waals surface area contributed by atoms with Gasteiger partial charge in [0.1, 0.15) is 11.5 Å². The van der Waals surface area contributed by atoms with E-state index in [-0.39, 0.29) is 6.04 Å². The zero-order chi connectivity index (χ0) is 13.5. The highest BCUT2D eigenvalue weighted by Crippen LogP contribution is 2.32. The molecule has 0 aliphatic rings. The SMILES string of the molecule is C=C(CC)CC(NC)c1cc(OC)ccc1OC. The Morgan fingerprint density at radius 3 is 2.56 bits per heavy atom. The minimum atomic E-state index is 0.197. The predicted octanol–water partition coefficient (Wildman–Crippen LogP) is 3.32. The van der Waals surface area contributed by atoms with Crippen molar-refractivity contribution in [2.24, 2.45) is 0 Å². The van der Waals surface area contributed by atoms with Crippen molar-refractivity contribution in [1.29, 1.82) is 0 Å². The van der Waals surface area contributed by atoms with Crippen molar-refractivity contribution in [3.8, 4) is 11.5 Å². The van der Waals surface area contributed by atoms with Crippen LogP contribution in [0, 0.1) is 0 Å². The van der Waals surface area contributed by atoms with Crippen molar-refractivity contribution in [1.82, 2.24) is 5.32 Å². The standard InChI is InChI=1S/C15H23NO2/c1-6-11(2)9-14(16-3)13-10-12(17-4)7-8-15(13)18-5/h7-8,10,14,16H,2,6,9H2,1,3-5H3. The summed E-state index contributed by atoms with van der Waals surface area (Å²) in [6.07, 6.45) is 1.89. The highest BCUT2D eigenvalue weighted by molar-refractivity contribution is 5.42. The topological polar surface area (TPSA) is 30.5 Å². The highest BCUT2D eigenvalue weighted by Gasteiger charge is 2.16. The van der Waals surface area contributed by atoms with Crippen LogP contribution in [0.15, 0.2) is 30.4 Å². The van der Waals surface area contributed by atoms with Gasteiger partial charge in [-0.25, -0.2) is 0 Å². The largest absolute Gasteiger partial charge is 0.497 e. The van der Waals surface area contributed by atoms with Gasteiger partial charge in [-0.3, -0.25) is 0 Å². The molecule has 0 saturated carbocycles. The molecule has 0 amide bonds. The molecule has 0 heterocycles. The zero-order valence-corrected chi connectivity index (χ0v) is 11.7. The van der Waals surface area contributed by atoms with Crippen LogP contribution in [0.1, 0.15) is 31.4 Å². The molecule has 0 radical (unpaired) electrons. The molecule has 0 bridgehead atoms. The fourth-order valence-electron chi connectivity index (χ4n) is 1.91. The molecule has 1 atom stereocenters. The van der Waals surface area contributed by atoms with Gasteiger partial charge in [0.15, 0.2) is 0 Å². The molecule has 0 aromatic heterocycles. The van der Waals surface area contributed by atoms with Gasteiger partial charge in [-0.15, -0.1) is 0 Å². The summed E-state index contributed by atoms with van der Waals surface area (Å²) < 4.78 is 10.7. The highest BCUT2D eigenvalue weighted by atomic mass is 16.5. The molecule has 1 aromatic rings. The van der Waals surface area contributed by atoms with Gasteiger partial charge in [-0.2, -0.15) is 0 Å². The Hall–Kier alpha value is -1.48. The van der Waals surface area contributed by atoms with E-state index in [9.17, 15) is 0 Å². The number of rotatable bonds is 7. The minimum absolute atomic E-state index is 0.197. The van der Waals surface area contributed by atoms with Crippen LogP contribution in [-0.4, -0.2) is 21.3 Å². The normalized spacial score (nSPS) is 12.0. The first-order chi connectivity index (χ1) is 8.65. The first-order valence-electron chi connectivity index (χ1n) is 6.22. The molecular weight excluding hydrogens is 226 g/mol. The van der Waals surface area contributed by atoms with Crippen LogP contribution in [0.5, 0.6) is 11.5 Å². The van der Waals surface area contributed by atoms with Crippen LogP contribution in [0.4, 0.5) is 0 Å². The summed E-state index contributed by atoms with van der Waals surface area (Å²) >= 11 is 0. The monoisotopic (exact) mass is 249 g/mol. The summed E-state index contributed by atoms with van der Waals surface area (Å²) in [5.41, 5.74) is 2.33. The van der Waals surface area contributed by atoms with Crippen molar-refractivity contribution in [3.63, 3.8) is 0 Å². The molecule has 3 nitrogen and oxygen atoms in total. The fourth-order valence-corrected chi connectivity index (χ4v) is 1.91. The first kappa shape index (κ1) is 14.6. The molecule has 1 rings (SSSR count). The number of hydrogen-bond acceptors (Lipinski definition) is 3. The van der Waals surface area contributed by atoms with E-state index in [1.807, 2.05) is 25.2 Å². The van der Waals surface area contributed by atoms with Crippen LogP contribution in [0.3, 0.4) is 0 Å². The van der Waals surface area contributed by atoms with Gasteiger partial charge in [0.2, 0.25) is 0 Å². The smallest absolute Gasteiger partial charge is 0.123 e. The maximum Gasteiger partial charge on any atom is 0.123 e. The maximum atomic E-state index is 5.42. The average Bonchev–Trinajstić information content (AvgIpc) is 2.43. The third-order valence-corrected chi connectivity index (χ3v) is 3.15. The summed E-state index contributed by atoms with van der Waals surface area (Å²) in [5, 5.41) is 3.31. The summed E-state index contributed by atoms with van der Waals surface area (Å²) in [6.45, 7) is 6.20. The molecule has 1 N–H and O–H groups in total. The average molecular weight is 249 g/mol. The van der Waals surface area contributed by atoms with Gasteiger partial charge in [0, 0.05) is 11.6 Å². The summed E-state index contributed by atoms with van der Waals surface area (Å²) in [4.78, 5) is 0. The lowest BCUT2D eigenvalue weighted by atomic mass is 9.97. The van der Waals surface area contributed by atoms with Gasteiger partial charge < -0.3 is 14.8 Å². The molecular formula is C15H23NO2. The van der Waals surface area contributed by atoms with E-state index in [1.54, 1.807) is 14.2 Å². The van der Waals surface area contributed by atoms with Crippen molar-refractivity contribution >= 4 is 0 Å². The lowest BCUT2D eigenvalue weighted by Gasteiger charge is -2.20. The minimum Gasteiger partial charge on any atom is -0.497 e. The third kappa shape index (κ3) is 3.50. The van der Waals surface area contributed by atoms with Crippen LogP contribution < -0.4 is 14.8 Å². The fraction of sp³-hybridized carbons (Fsp3) is 0.467. The second kappa shape index (κ2) is 7.07. The van der Waals surface area contributed by atoms with E-state index in [2.05, 4.69) is 18.8 Å². The van der Waals surface area contributed by atoms with Crippen LogP contribution in [0.25, 0.3) is 0 Å². The Kier molecular flexibility index (Phi) is 5.72. The second-order valence-corrected chi connectivity index (χ2v) is 4.26. The Morgan fingerprint density at radius 1 is 1.33 bits per heavy atom. The van der Waals surface area contributed by atoms with E-state index in [4.69, 9.17) is 9.47 Å². The molecule has 0 saturated heterocycles. The third-order valence-electron chi connectivity index (χ3n) is 3.15. The van der Waals surface area contributed by atoms with Crippen molar-refractivity contribution < 1.29 is 9.47 Å². The van der Waals surface area contributed by atoms with Gasteiger partial charge in [0.25, 0.3) is 0 Å². The predicted molar refractivity (Wildman–Crippen MR) is 75.4 cm³/mol. The van der Waals surface area contributed by atoms with E-state index in [1.165, 1.54) is 5.57 Å². The van der Waals surface area contributed by atoms with E-state index in [0.29, 0.717) is 0 Å². The van der Waals surface area contributed by atoms with Gasteiger partial charge in [-0.1, -0.05) is 19.1 Å². The summed E-state index contributed by atoms with van der Waals surface area (Å²) in [7, 11) is 5.31. The lowest BCUT2D eigenvalue weighted by molar-refractivity contribution is 0.391. The number of hydrogen-bond donors (Lipinski definition) is 1. The van der Waals surface area contributed by atoms with Crippen LogP contribution in [0.2, 0.25) is 0 Å². The van der Waals surface area contributed by atoms with E-state index in [0.717, 1.165) is 29.9 Å². The van der Waals surface area contributed by atoms with Gasteiger partial charge in [-0.05, 0) is 38.1 Å². The molecule has 0 fully saturated rings. The van der Waals surface area contributed by atoms with Crippen LogP contribution >= 0.6 is 0 Å². The van der Waals surface area contributed by atoms with Crippen molar-refractivity contribution in [2.45, 2.75) is 25.8 Å². The second-order valence-electron chi connectivity index (χ2n) is 4.26. The molecule has 0 aliphatic heterocycles. The van der Waals surface area contributed by atoms with E-state index >= 15 is 0 Å². The molecule has 100 valence electrons. The number of nitrogens with one attached hydrogen (secondary N) is 1. The Morgan fingerprint density at radius 2 is 2.06 bits per heavy atom. The first-order valence-corrected chi connectivity index (χ1v) is 6.22. The Balaban J connectivity index is 3.05.